The molecule has 5 nitrogen and oxygen atoms in total. The molecule has 0 rings (SSSR count). The summed E-state index contributed by atoms with van der Waals surface area (Å²) in [6, 6.07) is -0.189. The van der Waals surface area contributed by atoms with E-state index >= 15 is 0 Å². The predicted octanol–water partition coefficient (Wildman–Crippen LogP) is 1.34. The Bertz CT molecular complexity index is 228. The van der Waals surface area contributed by atoms with E-state index in [1.54, 1.807) is 4.90 Å². The molecule has 0 unspecified atom stereocenters. The van der Waals surface area contributed by atoms with Gasteiger partial charge in [-0.1, -0.05) is 13.3 Å². The van der Waals surface area contributed by atoms with Crippen molar-refractivity contribution in [1.82, 2.24) is 15.5 Å². The minimum atomic E-state index is -0.189. The molecule has 2 N–H and O–H groups in total. The molecule has 0 aliphatic carbocycles. The zero-order chi connectivity index (χ0) is 13.1. The Morgan fingerprint density at radius 1 is 1.00 bits per heavy atom. The third-order valence-electron chi connectivity index (χ3n) is 2.56. The molecule has 0 heterocycles. The maximum absolute atomic E-state index is 11.6. The fraction of sp³-hybridized carbons (Fsp3) is 0.833. The molecule has 0 saturated carbocycles. The first-order valence-electron chi connectivity index (χ1n) is 6.45. The molecule has 5 heteroatoms. The zero-order valence-corrected chi connectivity index (χ0v) is 11.2. The number of hydrogen-bond donors (Lipinski definition) is 2. The molecule has 0 spiro atoms. The van der Waals surface area contributed by atoms with E-state index in [0.29, 0.717) is 19.5 Å². The van der Waals surface area contributed by atoms with Crippen molar-refractivity contribution < 1.29 is 9.59 Å². The normalized spacial score (nSPS) is 9.82. The van der Waals surface area contributed by atoms with E-state index < -0.39 is 0 Å². The number of nitrogens with one attached hydrogen (secondary N) is 2. The Morgan fingerprint density at radius 3 is 2.12 bits per heavy atom. The number of nitrogens with zero attached hydrogens (tertiary/aromatic N) is 1. The second-order valence-electron chi connectivity index (χ2n) is 3.85. The molecule has 0 aliphatic rings. The minimum Gasteiger partial charge on any atom is -0.343 e. The first-order chi connectivity index (χ1) is 8.15. The van der Waals surface area contributed by atoms with Gasteiger partial charge in [-0.25, -0.2) is 4.79 Å². The van der Waals surface area contributed by atoms with Gasteiger partial charge in [-0.3, -0.25) is 4.79 Å². The summed E-state index contributed by atoms with van der Waals surface area (Å²) in [5.41, 5.74) is 0. The lowest BCUT2D eigenvalue weighted by Crippen LogP contribution is -2.39. The minimum absolute atomic E-state index is 0.0869. The van der Waals surface area contributed by atoms with E-state index in [-0.39, 0.29) is 11.9 Å². The van der Waals surface area contributed by atoms with E-state index in [9.17, 15) is 9.59 Å². The lowest BCUT2D eigenvalue weighted by molar-refractivity contribution is -0.130. The molecule has 0 aromatic rings. The van der Waals surface area contributed by atoms with Gasteiger partial charge >= 0.3 is 6.03 Å². The van der Waals surface area contributed by atoms with Gasteiger partial charge < -0.3 is 15.5 Å². The van der Waals surface area contributed by atoms with Gasteiger partial charge in [-0.15, -0.1) is 0 Å². The topological polar surface area (TPSA) is 61.4 Å². The lowest BCUT2D eigenvalue weighted by Gasteiger charge is -2.18. The highest BCUT2D eigenvalue weighted by atomic mass is 16.2. The van der Waals surface area contributed by atoms with Crippen LogP contribution in [-0.4, -0.2) is 43.0 Å². The highest BCUT2D eigenvalue weighted by Gasteiger charge is 2.09. The highest BCUT2D eigenvalue weighted by molar-refractivity contribution is 5.78. The largest absolute Gasteiger partial charge is 0.343 e. The molecule has 0 aromatic heterocycles. The molecule has 3 amide bonds. The van der Waals surface area contributed by atoms with Crippen LogP contribution < -0.4 is 10.6 Å². The maximum atomic E-state index is 11.6. The van der Waals surface area contributed by atoms with E-state index in [2.05, 4.69) is 17.6 Å². The monoisotopic (exact) mass is 243 g/mol. The first kappa shape index (κ1) is 15.7. The van der Waals surface area contributed by atoms with E-state index in [1.165, 1.54) is 0 Å². The maximum Gasteiger partial charge on any atom is 0.314 e. The number of unbranched alkanes of at least 4 members (excludes halogenated alkanes) is 1. The Hall–Kier alpha value is -1.26. The quantitative estimate of drug-likeness (QED) is 0.632. The van der Waals surface area contributed by atoms with Gasteiger partial charge in [-0.2, -0.15) is 0 Å². The van der Waals surface area contributed by atoms with Crippen molar-refractivity contribution in [3.05, 3.63) is 0 Å². The number of rotatable bonds is 8. The number of urea groups is 1. The molecule has 17 heavy (non-hydrogen) atoms. The Labute approximate surface area is 104 Å². The average Bonchev–Trinajstić information content (AvgIpc) is 2.31. The van der Waals surface area contributed by atoms with Crippen LogP contribution in [-0.2, 0) is 4.79 Å². The summed E-state index contributed by atoms with van der Waals surface area (Å²) in [6.45, 7) is 8.50. The predicted molar refractivity (Wildman–Crippen MR) is 68.9 cm³/mol. The van der Waals surface area contributed by atoms with Crippen molar-refractivity contribution in [3.63, 3.8) is 0 Å². The van der Waals surface area contributed by atoms with Gasteiger partial charge in [-0.05, 0) is 20.3 Å². The molecular formula is C12H25N3O2. The van der Waals surface area contributed by atoms with Crippen molar-refractivity contribution in [1.29, 1.82) is 0 Å². The third kappa shape index (κ3) is 7.60. The number of carbonyl (C=O) groups is 2. The second-order valence-corrected chi connectivity index (χ2v) is 3.85. The van der Waals surface area contributed by atoms with Crippen LogP contribution in [0.2, 0.25) is 0 Å². The van der Waals surface area contributed by atoms with Crippen LogP contribution in [0.25, 0.3) is 0 Å². The van der Waals surface area contributed by atoms with Crippen molar-refractivity contribution in [2.45, 2.75) is 40.0 Å². The van der Waals surface area contributed by atoms with Gasteiger partial charge in [0.05, 0.1) is 0 Å². The Balaban J connectivity index is 3.61. The van der Waals surface area contributed by atoms with Crippen molar-refractivity contribution >= 4 is 11.9 Å². The summed E-state index contributed by atoms with van der Waals surface area (Å²) in [6.07, 6.45) is 2.40. The SMILES string of the molecule is CCCCNC(=O)NCCC(=O)N(CC)CC. The van der Waals surface area contributed by atoms with E-state index in [4.69, 9.17) is 0 Å². The van der Waals surface area contributed by atoms with Crippen molar-refractivity contribution in [2.75, 3.05) is 26.2 Å². The van der Waals surface area contributed by atoms with Crippen LogP contribution in [0, 0.1) is 0 Å². The van der Waals surface area contributed by atoms with Crippen LogP contribution in [0.5, 0.6) is 0 Å². The van der Waals surface area contributed by atoms with Gasteiger partial charge in [0, 0.05) is 32.6 Å². The van der Waals surface area contributed by atoms with E-state index in [0.717, 1.165) is 25.9 Å². The van der Waals surface area contributed by atoms with Crippen LogP contribution >= 0.6 is 0 Å². The van der Waals surface area contributed by atoms with Gasteiger partial charge in [0.2, 0.25) is 5.91 Å². The molecule has 0 saturated heterocycles. The number of hydrogen-bond acceptors (Lipinski definition) is 2. The van der Waals surface area contributed by atoms with Crippen LogP contribution in [0.1, 0.15) is 40.0 Å². The summed E-state index contributed by atoms with van der Waals surface area (Å²) in [5.74, 6) is 0.0869. The van der Waals surface area contributed by atoms with E-state index in [1.807, 2.05) is 13.8 Å². The number of carbonyl (C=O) groups excluding carboxylic acids is 2. The smallest absolute Gasteiger partial charge is 0.314 e. The summed E-state index contributed by atoms with van der Waals surface area (Å²) >= 11 is 0. The van der Waals surface area contributed by atoms with Crippen LogP contribution in [0.4, 0.5) is 4.79 Å². The van der Waals surface area contributed by atoms with Crippen molar-refractivity contribution in [2.24, 2.45) is 0 Å². The highest BCUT2D eigenvalue weighted by Crippen LogP contribution is 1.92. The van der Waals surface area contributed by atoms with Crippen LogP contribution in [0.15, 0.2) is 0 Å². The molecule has 100 valence electrons. The second kappa shape index (κ2) is 9.93. The third-order valence-corrected chi connectivity index (χ3v) is 2.56. The molecule has 0 fully saturated rings. The lowest BCUT2D eigenvalue weighted by atomic mass is 10.3. The summed E-state index contributed by atoms with van der Waals surface area (Å²) in [5, 5.41) is 5.42. The Morgan fingerprint density at radius 2 is 1.59 bits per heavy atom. The molecule has 0 aromatic carbocycles. The standard InChI is InChI=1S/C12H25N3O2/c1-4-7-9-13-12(17)14-10-8-11(16)15(5-2)6-3/h4-10H2,1-3H3,(H2,13,14,17). The first-order valence-corrected chi connectivity index (χ1v) is 6.45. The molecule has 0 radical (unpaired) electrons. The molecule has 0 bridgehead atoms. The van der Waals surface area contributed by atoms with Crippen molar-refractivity contribution in [3.8, 4) is 0 Å². The summed E-state index contributed by atoms with van der Waals surface area (Å²) in [4.78, 5) is 24.6. The number of amides is 3. The Kier molecular flexibility index (Phi) is 9.19. The summed E-state index contributed by atoms with van der Waals surface area (Å²) in [7, 11) is 0. The average molecular weight is 243 g/mol. The van der Waals surface area contributed by atoms with Gasteiger partial charge in [0.25, 0.3) is 0 Å². The van der Waals surface area contributed by atoms with Gasteiger partial charge in [0.15, 0.2) is 0 Å². The summed E-state index contributed by atoms with van der Waals surface area (Å²) < 4.78 is 0. The molecule has 0 atom stereocenters. The van der Waals surface area contributed by atoms with Gasteiger partial charge in [0.1, 0.15) is 0 Å². The fourth-order valence-electron chi connectivity index (χ4n) is 1.46. The zero-order valence-electron chi connectivity index (χ0n) is 11.2. The van der Waals surface area contributed by atoms with Crippen LogP contribution in [0.3, 0.4) is 0 Å². The fourth-order valence-corrected chi connectivity index (χ4v) is 1.46. The molecular weight excluding hydrogens is 218 g/mol. The molecule has 0 aliphatic heterocycles.